The van der Waals surface area contributed by atoms with Crippen molar-refractivity contribution in [1.82, 2.24) is 14.9 Å². The molecule has 0 aliphatic carbocycles. The maximum Gasteiger partial charge on any atom is 0.274 e. The molecule has 1 aromatic heterocycles. The van der Waals surface area contributed by atoms with Crippen LogP contribution in [0.2, 0.25) is 5.15 Å². The molecular weight excluding hydrogens is 250 g/mol. The number of carbonyl (C=O) groups is 1. The van der Waals surface area contributed by atoms with Crippen LogP contribution in [0.1, 0.15) is 38.2 Å². The largest absolute Gasteiger partial charge is 0.337 e. The summed E-state index contributed by atoms with van der Waals surface area (Å²) in [5.74, 6) is 0.766. The second-order valence-corrected chi connectivity index (χ2v) is 5.61. The van der Waals surface area contributed by atoms with Crippen molar-refractivity contribution in [2.24, 2.45) is 11.8 Å². The number of nitrogens with zero attached hydrogens (tertiary/aromatic N) is 3. The van der Waals surface area contributed by atoms with E-state index < -0.39 is 0 Å². The third-order valence-corrected chi connectivity index (χ3v) is 2.49. The number of carbonyl (C=O) groups excluding carboxylic acids is 1. The molecule has 1 amide bonds. The van der Waals surface area contributed by atoms with Gasteiger partial charge in [-0.25, -0.2) is 9.97 Å². The van der Waals surface area contributed by atoms with Gasteiger partial charge in [-0.15, -0.1) is 0 Å². The highest BCUT2D eigenvalue weighted by Crippen LogP contribution is 2.09. The summed E-state index contributed by atoms with van der Waals surface area (Å²) in [6.45, 7) is 9.81. The minimum absolute atomic E-state index is 0.0819. The van der Waals surface area contributed by atoms with Crippen molar-refractivity contribution in [3.8, 4) is 0 Å². The third kappa shape index (κ3) is 4.61. The zero-order valence-electron chi connectivity index (χ0n) is 11.4. The zero-order chi connectivity index (χ0) is 13.7. The molecule has 0 aliphatic heterocycles. The molecule has 0 N–H and O–H groups in total. The Morgan fingerprint density at radius 1 is 1.17 bits per heavy atom. The van der Waals surface area contributed by atoms with Gasteiger partial charge in [0, 0.05) is 13.1 Å². The maximum absolute atomic E-state index is 12.3. The minimum Gasteiger partial charge on any atom is -0.337 e. The predicted molar refractivity (Wildman–Crippen MR) is 72.6 cm³/mol. The van der Waals surface area contributed by atoms with Crippen LogP contribution in [-0.2, 0) is 0 Å². The van der Waals surface area contributed by atoms with Gasteiger partial charge in [-0.2, -0.15) is 0 Å². The van der Waals surface area contributed by atoms with Crippen LogP contribution in [0.15, 0.2) is 12.4 Å². The topological polar surface area (TPSA) is 46.1 Å². The molecular formula is C13H20ClN3O. The highest BCUT2D eigenvalue weighted by Gasteiger charge is 2.19. The van der Waals surface area contributed by atoms with Crippen LogP contribution >= 0.6 is 11.6 Å². The maximum atomic E-state index is 12.3. The lowest BCUT2D eigenvalue weighted by Gasteiger charge is -2.25. The van der Waals surface area contributed by atoms with Crippen molar-refractivity contribution in [2.45, 2.75) is 27.7 Å². The van der Waals surface area contributed by atoms with Crippen molar-refractivity contribution in [3.63, 3.8) is 0 Å². The SMILES string of the molecule is CC(C)CN(CC(C)C)C(=O)c1cnc(Cl)cn1. The normalized spacial score (nSPS) is 11.1. The lowest BCUT2D eigenvalue weighted by molar-refractivity contribution is 0.0708. The lowest BCUT2D eigenvalue weighted by Crippen LogP contribution is -2.37. The first kappa shape index (κ1) is 14.9. The van der Waals surface area contributed by atoms with E-state index in [1.54, 1.807) is 0 Å². The summed E-state index contributed by atoms with van der Waals surface area (Å²) in [5.41, 5.74) is 0.348. The Morgan fingerprint density at radius 2 is 1.72 bits per heavy atom. The molecule has 1 heterocycles. The van der Waals surface area contributed by atoms with Crippen molar-refractivity contribution < 1.29 is 4.79 Å². The average molecular weight is 270 g/mol. The number of halogens is 1. The lowest BCUT2D eigenvalue weighted by atomic mass is 10.1. The zero-order valence-corrected chi connectivity index (χ0v) is 12.1. The second kappa shape index (κ2) is 6.69. The smallest absolute Gasteiger partial charge is 0.274 e. The highest BCUT2D eigenvalue weighted by atomic mass is 35.5. The highest BCUT2D eigenvalue weighted by molar-refractivity contribution is 6.29. The van der Waals surface area contributed by atoms with Gasteiger partial charge in [-0.05, 0) is 11.8 Å². The van der Waals surface area contributed by atoms with Crippen molar-refractivity contribution in [3.05, 3.63) is 23.2 Å². The Kier molecular flexibility index (Phi) is 5.54. The number of rotatable bonds is 5. The standard InChI is InChI=1S/C13H20ClN3O/c1-9(2)7-17(8-10(3)4)13(18)11-5-16-12(14)6-15-11/h5-6,9-10H,7-8H2,1-4H3. The molecule has 0 radical (unpaired) electrons. The summed E-state index contributed by atoms with van der Waals surface area (Å²) in [4.78, 5) is 22.1. The van der Waals surface area contributed by atoms with Crippen LogP contribution in [-0.4, -0.2) is 33.9 Å². The number of hydrogen-bond donors (Lipinski definition) is 0. The van der Waals surface area contributed by atoms with Crippen molar-refractivity contribution >= 4 is 17.5 Å². The molecule has 1 rings (SSSR count). The first-order valence-electron chi connectivity index (χ1n) is 6.17. The van der Waals surface area contributed by atoms with Gasteiger partial charge >= 0.3 is 0 Å². The Balaban J connectivity index is 2.83. The van der Waals surface area contributed by atoms with Crippen molar-refractivity contribution in [2.75, 3.05) is 13.1 Å². The molecule has 5 heteroatoms. The van der Waals surface area contributed by atoms with E-state index in [2.05, 4.69) is 37.7 Å². The van der Waals surface area contributed by atoms with Gasteiger partial charge in [0.2, 0.25) is 0 Å². The predicted octanol–water partition coefficient (Wildman–Crippen LogP) is 2.88. The van der Waals surface area contributed by atoms with Gasteiger partial charge < -0.3 is 4.90 Å². The summed E-state index contributed by atoms with van der Waals surface area (Å²) in [6, 6.07) is 0. The molecule has 0 aromatic carbocycles. The van der Waals surface area contributed by atoms with Crippen LogP contribution in [0.25, 0.3) is 0 Å². The molecule has 18 heavy (non-hydrogen) atoms. The van der Waals surface area contributed by atoms with Gasteiger partial charge in [0.05, 0.1) is 12.4 Å². The number of hydrogen-bond acceptors (Lipinski definition) is 3. The summed E-state index contributed by atoms with van der Waals surface area (Å²) < 4.78 is 0. The van der Waals surface area contributed by atoms with Crippen molar-refractivity contribution in [1.29, 1.82) is 0 Å². The van der Waals surface area contributed by atoms with Gasteiger partial charge in [-0.3, -0.25) is 4.79 Å². The third-order valence-electron chi connectivity index (χ3n) is 2.30. The molecule has 0 aliphatic rings. The Labute approximate surface area is 113 Å². The summed E-state index contributed by atoms with van der Waals surface area (Å²) >= 11 is 5.67. The molecule has 0 bridgehead atoms. The van der Waals surface area contributed by atoms with E-state index in [-0.39, 0.29) is 5.91 Å². The summed E-state index contributed by atoms with van der Waals surface area (Å²) in [6.07, 6.45) is 2.83. The van der Waals surface area contributed by atoms with Gasteiger partial charge in [-0.1, -0.05) is 39.3 Å². The first-order chi connectivity index (χ1) is 8.40. The van der Waals surface area contributed by atoms with E-state index in [1.807, 2.05) is 4.90 Å². The molecule has 0 saturated heterocycles. The van der Waals surface area contributed by atoms with E-state index in [9.17, 15) is 4.79 Å². The molecule has 1 aromatic rings. The van der Waals surface area contributed by atoms with E-state index >= 15 is 0 Å². The quantitative estimate of drug-likeness (QED) is 0.826. The van der Waals surface area contributed by atoms with Gasteiger partial charge in [0.25, 0.3) is 5.91 Å². The monoisotopic (exact) mass is 269 g/mol. The van der Waals surface area contributed by atoms with Crippen LogP contribution in [0.4, 0.5) is 0 Å². The number of amides is 1. The fraction of sp³-hybridized carbons (Fsp3) is 0.615. The van der Waals surface area contributed by atoms with Crippen LogP contribution < -0.4 is 0 Å². The molecule has 0 fully saturated rings. The molecule has 100 valence electrons. The van der Waals surface area contributed by atoms with Crippen LogP contribution in [0, 0.1) is 11.8 Å². The Hall–Kier alpha value is -1.16. The Bertz CT molecular complexity index is 380. The average Bonchev–Trinajstić information content (AvgIpc) is 2.27. The fourth-order valence-electron chi connectivity index (χ4n) is 1.71. The number of aromatic nitrogens is 2. The van der Waals surface area contributed by atoms with Crippen LogP contribution in [0.5, 0.6) is 0 Å². The van der Waals surface area contributed by atoms with Gasteiger partial charge in [0.1, 0.15) is 10.8 Å². The Morgan fingerprint density at radius 3 is 2.11 bits per heavy atom. The summed E-state index contributed by atoms with van der Waals surface area (Å²) in [7, 11) is 0. The molecule has 0 spiro atoms. The first-order valence-corrected chi connectivity index (χ1v) is 6.54. The van der Waals surface area contributed by atoms with E-state index in [0.29, 0.717) is 22.7 Å². The minimum atomic E-state index is -0.0819. The van der Waals surface area contributed by atoms with E-state index in [4.69, 9.17) is 11.6 Å². The van der Waals surface area contributed by atoms with Crippen LogP contribution in [0.3, 0.4) is 0 Å². The molecule has 0 atom stereocenters. The fourth-order valence-corrected chi connectivity index (χ4v) is 1.80. The second-order valence-electron chi connectivity index (χ2n) is 5.22. The van der Waals surface area contributed by atoms with E-state index in [1.165, 1.54) is 12.4 Å². The van der Waals surface area contributed by atoms with E-state index in [0.717, 1.165) is 13.1 Å². The van der Waals surface area contributed by atoms with Gasteiger partial charge in [0.15, 0.2) is 0 Å². The molecule has 0 saturated carbocycles. The summed E-state index contributed by atoms with van der Waals surface area (Å²) in [5, 5.41) is 0.297. The molecule has 0 unspecified atom stereocenters. The molecule has 4 nitrogen and oxygen atoms in total.